The molecule has 0 saturated heterocycles. The van der Waals surface area contributed by atoms with Crippen molar-refractivity contribution in [2.45, 2.75) is 37.0 Å². The van der Waals surface area contributed by atoms with Gasteiger partial charge >= 0.3 is 6.18 Å². The molecule has 2 aromatic carbocycles. The Morgan fingerprint density at radius 2 is 1.84 bits per heavy atom. The molecule has 1 atom stereocenters. The fourth-order valence-electron chi connectivity index (χ4n) is 3.59. The minimum Gasteiger partial charge on any atom is -0.341 e. The van der Waals surface area contributed by atoms with Gasteiger partial charge in [0.05, 0.1) is 5.25 Å². The molecule has 0 fully saturated rings. The number of rotatable bonds is 5. The van der Waals surface area contributed by atoms with E-state index in [1.807, 2.05) is 36.4 Å². The third-order valence-electron chi connectivity index (χ3n) is 5.10. The van der Waals surface area contributed by atoms with E-state index in [0.29, 0.717) is 5.69 Å². The molecular formula is C21H20F3N5OS. The summed E-state index contributed by atoms with van der Waals surface area (Å²) in [4.78, 5) is 12.7. The molecule has 162 valence electrons. The molecule has 0 aliphatic rings. The van der Waals surface area contributed by atoms with Crippen LogP contribution in [-0.4, -0.2) is 30.5 Å². The van der Waals surface area contributed by atoms with Crippen molar-refractivity contribution in [2.24, 2.45) is 7.05 Å². The van der Waals surface area contributed by atoms with Gasteiger partial charge in [-0.05, 0) is 38.1 Å². The highest BCUT2D eigenvalue weighted by Gasteiger charge is 2.38. The molecule has 0 saturated carbocycles. The first-order valence-corrected chi connectivity index (χ1v) is 10.5. The Morgan fingerprint density at radius 1 is 1.13 bits per heavy atom. The van der Waals surface area contributed by atoms with Gasteiger partial charge in [0.15, 0.2) is 5.16 Å². The van der Waals surface area contributed by atoms with E-state index in [4.69, 9.17) is 0 Å². The molecule has 1 amide bonds. The number of carbonyl (C=O) groups excluding carboxylic acids is 1. The maximum atomic E-state index is 12.9. The van der Waals surface area contributed by atoms with Crippen molar-refractivity contribution in [1.29, 1.82) is 0 Å². The first-order valence-electron chi connectivity index (χ1n) is 9.65. The average Bonchev–Trinajstić information content (AvgIpc) is 3.25. The van der Waals surface area contributed by atoms with Crippen molar-refractivity contribution in [1.82, 2.24) is 19.3 Å². The number of carbonyl (C=O) groups is 1. The van der Waals surface area contributed by atoms with Crippen LogP contribution in [-0.2, 0) is 24.6 Å². The standard InChI is InChI=1S/C21H20F3N5OS/c1-4-29-16-8-6-5-7-14(16)15-11-13(9-10-17(15)29)25-18(30)12(2)31-20-27-26-19(28(20)3)21(22,23)24/h5-12H,4H2,1-3H3,(H,25,30). The number of para-hydroxylation sites is 1. The minimum atomic E-state index is -4.60. The predicted octanol–water partition coefficient (Wildman–Crippen LogP) is 5.08. The largest absolute Gasteiger partial charge is 0.451 e. The number of aromatic nitrogens is 4. The van der Waals surface area contributed by atoms with Crippen molar-refractivity contribution in [2.75, 3.05) is 5.32 Å². The smallest absolute Gasteiger partial charge is 0.341 e. The fourth-order valence-corrected chi connectivity index (χ4v) is 4.41. The molecule has 1 N–H and O–H groups in total. The number of nitrogens with zero attached hydrogens (tertiary/aromatic N) is 4. The van der Waals surface area contributed by atoms with Crippen LogP contribution in [0.4, 0.5) is 18.9 Å². The van der Waals surface area contributed by atoms with Crippen molar-refractivity contribution in [3.05, 3.63) is 48.3 Å². The number of alkyl halides is 3. The van der Waals surface area contributed by atoms with E-state index in [1.165, 1.54) is 7.05 Å². The van der Waals surface area contributed by atoms with Crippen LogP contribution in [0.1, 0.15) is 19.7 Å². The molecule has 10 heteroatoms. The summed E-state index contributed by atoms with van der Waals surface area (Å²) >= 11 is 0.922. The third-order valence-corrected chi connectivity index (χ3v) is 6.23. The van der Waals surface area contributed by atoms with E-state index in [1.54, 1.807) is 6.92 Å². The lowest BCUT2D eigenvalue weighted by Crippen LogP contribution is -2.23. The Kier molecular flexibility index (Phi) is 5.42. The van der Waals surface area contributed by atoms with E-state index in [2.05, 4.69) is 33.1 Å². The number of nitrogens with one attached hydrogen (secondary N) is 1. The molecule has 1 unspecified atom stereocenters. The van der Waals surface area contributed by atoms with Crippen molar-refractivity contribution in [3.63, 3.8) is 0 Å². The SMILES string of the molecule is CCn1c2ccccc2c2cc(NC(=O)C(C)Sc3nnc(C(F)(F)F)n3C)ccc21. The van der Waals surface area contributed by atoms with Gasteiger partial charge in [-0.15, -0.1) is 10.2 Å². The molecule has 0 bridgehead atoms. The van der Waals surface area contributed by atoms with Gasteiger partial charge in [-0.2, -0.15) is 13.2 Å². The molecule has 0 aliphatic carbocycles. The molecule has 2 heterocycles. The number of fused-ring (bicyclic) bond motifs is 3. The number of aryl methyl sites for hydroxylation is 1. The first kappa shape index (κ1) is 21.2. The summed E-state index contributed by atoms with van der Waals surface area (Å²) in [7, 11) is 1.23. The number of benzene rings is 2. The Hall–Kier alpha value is -3.01. The molecule has 2 aromatic heterocycles. The number of amides is 1. The summed E-state index contributed by atoms with van der Waals surface area (Å²) in [5.74, 6) is -1.43. The summed E-state index contributed by atoms with van der Waals surface area (Å²) in [5, 5.41) is 11.1. The van der Waals surface area contributed by atoms with Crippen molar-refractivity contribution >= 4 is 45.2 Å². The number of anilines is 1. The summed E-state index contributed by atoms with van der Waals surface area (Å²) in [6, 6.07) is 13.8. The van der Waals surface area contributed by atoms with Crippen LogP contribution in [0.5, 0.6) is 0 Å². The maximum Gasteiger partial charge on any atom is 0.451 e. The molecule has 0 radical (unpaired) electrons. The van der Waals surface area contributed by atoms with Gasteiger partial charge in [-0.25, -0.2) is 0 Å². The van der Waals surface area contributed by atoms with E-state index < -0.39 is 17.3 Å². The number of hydrogen-bond acceptors (Lipinski definition) is 4. The van der Waals surface area contributed by atoms with Crippen molar-refractivity contribution < 1.29 is 18.0 Å². The quantitative estimate of drug-likeness (QED) is 0.433. The van der Waals surface area contributed by atoms with Crippen molar-refractivity contribution in [3.8, 4) is 0 Å². The zero-order chi connectivity index (χ0) is 22.3. The van der Waals surface area contributed by atoms with Crippen LogP contribution in [0.15, 0.2) is 47.6 Å². The molecule has 4 aromatic rings. The van der Waals surface area contributed by atoms with Gasteiger partial charge in [0.1, 0.15) is 0 Å². The Bertz CT molecular complexity index is 1280. The molecule has 0 spiro atoms. The van der Waals surface area contributed by atoms with E-state index >= 15 is 0 Å². The second-order valence-electron chi connectivity index (χ2n) is 7.11. The van der Waals surface area contributed by atoms with Crippen LogP contribution >= 0.6 is 11.8 Å². The maximum absolute atomic E-state index is 12.9. The van der Waals surface area contributed by atoms with E-state index in [0.717, 1.165) is 44.7 Å². The summed E-state index contributed by atoms with van der Waals surface area (Å²) in [6.07, 6.45) is -4.60. The average molecular weight is 447 g/mol. The number of halogens is 3. The van der Waals surface area contributed by atoms with Crippen LogP contribution < -0.4 is 5.32 Å². The van der Waals surface area contributed by atoms with Gasteiger partial charge in [0, 0.05) is 41.1 Å². The molecule has 4 rings (SSSR count). The minimum absolute atomic E-state index is 0.0245. The molecular weight excluding hydrogens is 427 g/mol. The lowest BCUT2D eigenvalue weighted by Gasteiger charge is -2.12. The monoisotopic (exact) mass is 447 g/mol. The predicted molar refractivity (Wildman–Crippen MR) is 115 cm³/mol. The van der Waals surface area contributed by atoms with Gasteiger partial charge in [-0.1, -0.05) is 30.0 Å². The van der Waals surface area contributed by atoms with Crippen LogP contribution in [0.25, 0.3) is 21.8 Å². The topological polar surface area (TPSA) is 64.7 Å². The lowest BCUT2D eigenvalue weighted by molar-refractivity contribution is -0.147. The normalized spacial score (nSPS) is 13.1. The molecule has 31 heavy (non-hydrogen) atoms. The zero-order valence-corrected chi connectivity index (χ0v) is 17.9. The van der Waals surface area contributed by atoms with Crippen LogP contribution in [0.3, 0.4) is 0 Å². The Labute approximate surface area is 180 Å². The second kappa shape index (κ2) is 7.92. The van der Waals surface area contributed by atoms with E-state index in [9.17, 15) is 18.0 Å². The van der Waals surface area contributed by atoms with E-state index in [-0.39, 0.29) is 11.1 Å². The third kappa shape index (κ3) is 3.87. The summed E-state index contributed by atoms with van der Waals surface area (Å²) < 4.78 is 41.8. The lowest BCUT2D eigenvalue weighted by atomic mass is 10.1. The van der Waals surface area contributed by atoms with Gasteiger partial charge in [0.25, 0.3) is 0 Å². The number of hydrogen-bond donors (Lipinski definition) is 1. The molecule has 6 nitrogen and oxygen atoms in total. The highest BCUT2D eigenvalue weighted by atomic mass is 32.2. The Morgan fingerprint density at radius 3 is 2.52 bits per heavy atom. The zero-order valence-electron chi connectivity index (χ0n) is 17.1. The highest BCUT2D eigenvalue weighted by Crippen LogP contribution is 2.33. The first-order chi connectivity index (χ1) is 14.7. The van der Waals surface area contributed by atoms with Gasteiger partial charge < -0.3 is 14.5 Å². The highest BCUT2D eigenvalue weighted by molar-refractivity contribution is 8.00. The van der Waals surface area contributed by atoms with Crippen LogP contribution in [0.2, 0.25) is 0 Å². The van der Waals surface area contributed by atoms with Gasteiger partial charge in [-0.3, -0.25) is 4.79 Å². The summed E-state index contributed by atoms with van der Waals surface area (Å²) in [5.41, 5.74) is 2.82. The molecule has 0 aliphatic heterocycles. The second-order valence-corrected chi connectivity index (χ2v) is 8.41. The fraction of sp³-hybridized carbons (Fsp3) is 0.286. The summed E-state index contributed by atoms with van der Waals surface area (Å²) in [6.45, 7) is 4.52. The van der Waals surface area contributed by atoms with Gasteiger partial charge in [0.2, 0.25) is 11.7 Å². The van der Waals surface area contributed by atoms with Crippen LogP contribution in [0, 0.1) is 0 Å². The Balaban J connectivity index is 1.56. The number of thioether (sulfide) groups is 1.